The Balaban J connectivity index is 2.93. The summed E-state index contributed by atoms with van der Waals surface area (Å²) in [5, 5.41) is 0.424. The van der Waals surface area contributed by atoms with Crippen LogP contribution in [0.1, 0.15) is 5.56 Å². The van der Waals surface area contributed by atoms with Gasteiger partial charge in [0.2, 0.25) is 0 Å². The second kappa shape index (κ2) is 5.93. The summed E-state index contributed by atoms with van der Waals surface area (Å²) >= 11 is 8.24. The van der Waals surface area contributed by atoms with E-state index in [-0.39, 0.29) is 5.78 Å². The van der Waals surface area contributed by atoms with E-state index in [9.17, 15) is 4.79 Å². The van der Waals surface area contributed by atoms with Gasteiger partial charge in [-0.2, -0.15) is 0 Å². The molecule has 0 aromatic heterocycles. The quantitative estimate of drug-likeness (QED) is 0.616. The number of carbonyl (C=O) groups is 1. The van der Waals surface area contributed by atoms with Crippen LogP contribution >= 0.6 is 43.6 Å². The number of halogens is 2. The zero-order chi connectivity index (χ0) is 10.6. The Labute approximate surface area is 105 Å². The maximum absolute atomic E-state index is 11.3. The highest BCUT2D eigenvalue weighted by Gasteiger charge is 2.07. The van der Waals surface area contributed by atoms with Crippen molar-refractivity contribution in [2.75, 3.05) is 11.6 Å². The third-order valence-corrected chi connectivity index (χ3v) is 3.74. The molecule has 1 aromatic rings. The van der Waals surface area contributed by atoms with Crippen molar-refractivity contribution in [3.63, 3.8) is 0 Å². The van der Waals surface area contributed by atoms with Crippen LogP contribution < -0.4 is 0 Å². The minimum atomic E-state index is 0.207. The van der Waals surface area contributed by atoms with E-state index in [1.54, 1.807) is 11.8 Å². The van der Waals surface area contributed by atoms with Crippen molar-refractivity contribution in [1.29, 1.82) is 0 Å². The second-order valence-electron chi connectivity index (χ2n) is 2.81. The molecule has 0 fully saturated rings. The fraction of sp³-hybridized carbons (Fsp3) is 0.300. The van der Waals surface area contributed by atoms with Gasteiger partial charge in [0.15, 0.2) is 0 Å². The molecule has 1 nitrogen and oxygen atoms in total. The lowest BCUT2D eigenvalue weighted by atomic mass is 10.1. The summed E-state index contributed by atoms with van der Waals surface area (Å²) in [4.78, 5) is 12.5. The van der Waals surface area contributed by atoms with Gasteiger partial charge < -0.3 is 0 Å². The van der Waals surface area contributed by atoms with Gasteiger partial charge in [-0.25, -0.2) is 0 Å². The van der Waals surface area contributed by atoms with Crippen LogP contribution in [0.5, 0.6) is 0 Å². The van der Waals surface area contributed by atoms with Crippen LogP contribution in [0.4, 0.5) is 0 Å². The average molecular weight is 338 g/mol. The van der Waals surface area contributed by atoms with Crippen molar-refractivity contribution < 1.29 is 4.79 Å². The molecular formula is C10H10Br2OS. The maximum atomic E-state index is 11.3. The van der Waals surface area contributed by atoms with Crippen LogP contribution in [0.2, 0.25) is 0 Å². The molecule has 0 bridgehead atoms. The number of ketones is 1. The van der Waals surface area contributed by atoms with Crippen LogP contribution in [0.3, 0.4) is 0 Å². The predicted molar refractivity (Wildman–Crippen MR) is 68.4 cm³/mol. The van der Waals surface area contributed by atoms with Crippen molar-refractivity contribution in [3.8, 4) is 0 Å². The summed E-state index contributed by atoms with van der Waals surface area (Å²) in [6.45, 7) is 0. The Morgan fingerprint density at radius 2 is 2.21 bits per heavy atom. The fourth-order valence-electron chi connectivity index (χ4n) is 1.14. The number of hydrogen-bond donors (Lipinski definition) is 0. The molecule has 0 radical (unpaired) electrons. The van der Waals surface area contributed by atoms with E-state index in [2.05, 4.69) is 31.9 Å². The van der Waals surface area contributed by atoms with E-state index >= 15 is 0 Å². The first-order chi connectivity index (χ1) is 6.67. The number of thioether (sulfide) groups is 1. The van der Waals surface area contributed by atoms with E-state index in [1.165, 1.54) is 4.90 Å². The van der Waals surface area contributed by atoms with Crippen LogP contribution in [0.25, 0.3) is 0 Å². The van der Waals surface area contributed by atoms with Gasteiger partial charge in [0.05, 0.1) is 5.33 Å². The minimum absolute atomic E-state index is 0.207. The first-order valence-electron chi connectivity index (χ1n) is 4.07. The number of Topliss-reactive ketones (excluding diaryl/α,β-unsaturated/α-hetero) is 1. The predicted octanol–water partition coefficient (Wildman–Crippen LogP) is 3.68. The highest BCUT2D eigenvalue weighted by molar-refractivity contribution is 9.10. The second-order valence-corrected chi connectivity index (χ2v) is 5.13. The van der Waals surface area contributed by atoms with Crippen molar-refractivity contribution in [3.05, 3.63) is 28.2 Å². The van der Waals surface area contributed by atoms with E-state index in [0.29, 0.717) is 11.8 Å². The largest absolute Gasteiger partial charge is 0.298 e. The van der Waals surface area contributed by atoms with Crippen LogP contribution in [0.15, 0.2) is 27.6 Å². The van der Waals surface area contributed by atoms with Gasteiger partial charge in [-0.05, 0) is 30.0 Å². The number of rotatable bonds is 4. The molecule has 0 saturated carbocycles. The minimum Gasteiger partial charge on any atom is -0.298 e. The highest BCUT2D eigenvalue weighted by Crippen LogP contribution is 2.24. The maximum Gasteiger partial charge on any atom is 0.147 e. The molecule has 0 unspecified atom stereocenters. The summed E-state index contributed by atoms with van der Waals surface area (Å²) in [5.41, 5.74) is 1.09. The summed E-state index contributed by atoms with van der Waals surface area (Å²) in [6, 6.07) is 6.03. The zero-order valence-corrected chi connectivity index (χ0v) is 11.7. The molecule has 0 aliphatic carbocycles. The van der Waals surface area contributed by atoms with Gasteiger partial charge in [-0.15, -0.1) is 11.8 Å². The van der Waals surface area contributed by atoms with Crippen molar-refractivity contribution in [2.45, 2.75) is 11.3 Å². The summed E-state index contributed by atoms with van der Waals surface area (Å²) in [7, 11) is 0. The van der Waals surface area contributed by atoms with Crippen molar-refractivity contribution >= 4 is 49.4 Å². The molecule has 0 aliphatic heterocycles. The standard InChI is InChI=1S/C10H10Br2OS/c1-14-10-3-2-8(12)4-7(10)5-9(13)6-11/h2-4H,5-6H2,1H3. The fourth-order valence-corrected chi connectivity index (χ4v) is 2.35. The van der Waals surface area contributed by atoms with Gasteiger partial charge in [0.1, 0.15) is 5.78 Å². The van der Waals surface area contributed by atoms with E-state index in [4.69, 9.17) is 0 Å². The number of hydrogen-bond acceptors (Lipinski definition) is 2. The third kappa shape index (κ3) is 3.41. The Bertz CT molecular complexity index is 339. The van der Waals surface area contributed by atoms with E-state index in [0.717, 1.165) is 10.0 Å². The van der Waals surface area contributed by atoms with Gasteiger partial charge in [-0.3, -0.25) is 4.79 Å². The Morgan fingerprint density at radius 1 is 1.50 bits per heavy atom. The van der Waals surface area contributed by atoms with Gasteiger partial charge in [0, 0.05) is 15.8 Å². The summed E-state index contributed by atoms with van der Waals surface area (Å²) < 4.78 is 1.02. The molecule has 1 aromatic carbocycles. The molecule has 4 heteroatoms. The van der Waals surface area contributed by atoms with Crippen molar-refractivity contribution in [2.24, 2.45) is 0 Å². The molecule has 0 aliphatic rings. The van der Waals surface area contributed by atoms with E-state index < -0.39 is 0 Å². The summed E-state index contributed by atoms with van der Waals surface area (Å²) in [5.74, 6) is 0.207. The number of benzene rings is 1. The summed E-state index contributed by atoms with van der Waals surface area (Å²) in [6.07, 6.45) is 2.52. The normalized spacial score (nSPS) is 10.2. The lowest BCUT2D eigenvalue weighted by Crippen LogP contribution is -2.04. The lowest BCUT2D eigenvalue weighted by Gasteiger charge is -2.06. The van der Waals surface area contributed by atoms with Crippen LogP contribution in [-0.2, 0) is 11.2 Å². The highest BCUT2D eigenvalue weighted by atomic mass is 79.9. The molecule has 0 amide bonds. The third-order valence-electron chi connectivity index (χ3n) is 1.78. The molecule has 0 atom stereocenters. The van der Waals surface area contributed by atoms with Gasteiger partial charge in [0.25, 0.3) is 0 Å². The SMILES string of the molecule is CSc1ccc(Br)cc1CC(=O)CBr. The van der Waals surface area contributed by atoms with Crippen LogP contribution in [-0.4, -0.2) is 17.4 Å². The Kier molecular flexibility index (Phi) is 5.20. The molecule has 0 spiro atoms. The topological polar surface area (TPSA) is 17.1 Å². The molecule has 76 valence electrons. The average Bonchev–Trinajstić information content (AvgIpc) is 2.18. The molecule has 14 heavy (non-hydrogen) atoms. The smallest absolute Gasteiger partial charge is 0.147 e. The first-order valence-corrected chi connectivity index (χ1v) is 7.21. The molecule has 0 N–H and O–H groups in total. The monoisotopic (exact) mass is 336 g/mol. The lowest BCUT2D eigenvalue weighted by molar-refractivity contribution is -0.115. The number of alkyl halides is 1. The molecular weight excluding hydrogens is 328 g/mol. The number of carbonyl (C=O) groups excluding carboxylic acids is 1. The van der Waals surface area contributed by atoms with Crippen LogP contribution in [0, 0.1) is 0 Å². The van der Waals surface area contributed by atoms with Gasteiger partial charge in [-0.1, -0.05) is 31.9 Å². The van der Waals surface area contributed by atoms with Gasteiger partial charge >= 0.3 is 0 Å². The Morgan fingerprint density at radius 3 is 2.79 bits per heavy atom. The zero-order valence-electron chi connectivity index (χ0n) is 7.72. The molecule has 0 saturated heterocycles. The molecule has 0 heterocycles. The van der Waals surface area contributed by atoms with E-state index in [1.807, 2.05) is 24.5 Å². The first kappa shape index (κ1) is 12.3. The van der Waals surface area contributed by atoms with Crippen molar-refractivity contribution in [1.82, 2.24) is 0 Å². The molecule has 1 rings (SSSR count). The Hall–Kier alpha value is 0.200.